The topological polar surface area (TPSA) is 24.9 Å². The Balaban J connectivity index is 1.29. The van der Waals surface area contributed by atoms with Crippen LogP contribution in [-0.2, 0) is 0 Å². The first-order valence-electron chi connectivity index (χ1n) is 9.67. The van der Waals surface area contributed by atoms with Crippen LogP contribution in [0.2, 0.25) is 0 Å². The van der Waals surface area contributed by atoms with Crippen LogP contribution in [0.15, 0.2) is 54.6 Å². The fourth-order valence-corrected chi connectivity index (χ4v) is 4.17. The van der Waals surface area contributed by atoms with E-state index in [1.807, 2.05) is 24.3 Å². The maximum atomic E-state index is 6.22. The van der Waals surface area contributed by atoms with E-state index >= 15 is 0 Å². The van der Waals surface area contributed by atoms with Crippen LogP contribution in [0.1, 0.15) is 19.3 Å². The number of nitrogens with zero attached hydrogens (tertiary/aromatic N) is 2. The highest BCUT2D eigenvalue weighted by molar-refractivity contribution is 5.47. The molecule has 2 aliphatic rings. The van der Waals surface area contributed by atoms with Crippen molar-refractivity contribution in [3.05, 3.63) is 54.6 Å². The molecule has 0 N–H and O–H groups in total. The molecule has 2 aliphatic heterocycles. The van der Waals surface area contributed by atoms with Gasteiger partial charge in [0.2, 0.25) is 0 Å². The summed E-state index contributed by atoms with van der Waals surface area (Å²) in [6, 6.07) is 19.4. The van der Waals surface area contributed by atoms with Crippen LogP contribution in [0.5, 0.6) is 11.5 Å². The fourth-order valence-electron chi connectivity index (χ4n) is 4.17. The van der Waals surface area contributed by atoms with Gasteiger partial charge in [-0.05, 0) is 43.5 Å². The molecule has 1 unspecified atom stereocenters. The first-order chi connectivity index (χ1) is 12.8. The number of anilines is 1. The van der Waals surface area contributed by atoms with Gasteiger partial charge in [-0.2, -0.15) is 0 Å². The van der Waals surface area contributed by atoms with E-state index in [9.17, 15) is 0 Å². The van der Waals surface area contributed by atoms with E-state index in [4.69, 9.17) is 9.47 Å². The highest BCUT2D eigenvalue weighted by atomic mass is 16.5. The highest BCUT2D eigenvalue weighted by Gasteiger charge is 2.31. The van der Waals surface area contributed by atoms with Gasteiger partial charge < -0.3 is 14.4 Å². The van der Waals surface area contributed by atoms with Gasteiger partial charge in [0.15, 0.2) is 11.5 Å². The van der Waals surface area contributed by atoms with Crippen LogP contribution < -0.4 is 14.4 Å². The molecule has 2 heterocycles. The number of methoxy groups -OCH3 is 1. The number of hydrogen-bond acceptors (Lipinski definition) is 4. The van der Waals surface area contributed by atoms with Crippen molar-refractivity contribution in [3.63, 3.8) is 0 Å². The van der Waals surface area contributed by atoms with Crippen LogP contribution in [0, 0.1) is 0 Å². The number of ether oxygens (including phenoxy) is 2. The van der Waals surface area contributed by atoms with Crippen LogP contribution in [0.4, 0.5) is 5.69 Å². The predicted molar refractivity (Wildman–Crippen MR) is 105 cm³/mol. The molecule has 2 aromatic rings. The molecule has 0 radical (unpaired) electrons. The molecule has 2 saturated heterocycles. The van der Waals surface area contributed by atoms with Crippen LogP contribution in [0.3, 0.4) is 0 Å². The van der Waals surface area contributed by atoms with Gasteiger partial charge >= 0.3 is 0 Å². The SMILES string of the molecule is COc1ccccc1OC1CCN(C2CCN(c3ccccc3)C2)CC1. The van der Waals surface area contributed by atoms with Gasteiger partial charge in [0.05, 0.1) is 7.11 Å². The molecule has 0 amide bonds. The summed E-state index contributed by atoms with van der Waals surface area (Å²) in [6.07, 6.45) is 3.71. The van der Waals surface area contributed by atoms with Gasteiger partial charge in [0, 0.05) is 37.9 Å². The smallest absolute Gasteiger partial charge is 0.161 e. The van der Waals surface area contributed by atoms with E-state index in [0.717, 1.165) is 50.5 Å². The molecule has 0 aromatic heterocycles. The molecule has 4 heteroatoms. The third-order valence-corrected chi connectivity index (χ3v) is 5.64. The van der Waals surface area contributed by atoms with Gasteiger partial charge in [-0.25, -0.2) is 0 Å². The van der Waals surface area contributed by atoms with Gasteiger partial charge in [-0.1, -0.05) is 30.3 Å². The van der Waals surface area contributed by atoms with E-state index in [1.165, 1.54) is 12.1 Å². The van der Waals surface area contributed by atoms with E-state index in [1.54, 1.807) is 7.11 Å². The quantitative estimate of drug-likeness (QED) is 0.817. The summed E-state index contributed by atoms with van der Waals surface area (Å²) in [7, 11) is 1.70. The normalized spacial score (nSPS) is 21.7. The third kappa shape index (κ3) is 3.80. The molecule has 2 fully saturated rings. The van der Waals surface area contributed by atoms with E-state index < -0.39 is 0 Å². The minimum Gasteiger partial charge on any atom is -0.493 e. The standard InChI is InChI=1S/C22H28N2O2/c1-25-21-9-5-6-10-22(21)26-20-12-15-23(16-13-20)19-11-14-24(17-19)18-7-3-2-4-8-18/h2-10,19-20H,11-17H2,1H3. The van der Waals surface area contributed by atoms with E-state index in [0.29, 0.717) is 6.04 Å². The Kier molecular flexibility index (Phi) is 5.30. The Labute approximate surface area is 156 Å². The van der Waals surface area contributed by atoms with Gasteiger partial charge in [-0.3, -0.25) is 4.90 Å². The number of hydrogen-bond donors (Lipinski definition) is 0. The summed E-state index contributed by atoms with van der Waals surface area (Å²) in [6.45, 7) is 4.54. The Hall–Kier alpha value is -2.20. The lowest BCUT2D eigenvalue weighted by Crippen LogP contribution is -2.45. The molecule has 4 rings (SSSR count). The second kappa shape index (κ2) is 8.00. The Morgan fingerprint density at radius 3 is 2.23 bits per heavy atom. The zero-order chi connectivity index (χ0) is 17.8. The third-order valence-electron chi connectivity index (χ3n) is 5.64. The van der Waals surface area contributed by atoms with Crippen LogP contribution >= 0.6 is 0 Å². The summed E-state index contributed by atoms with van der Waals surface area (Å²) < 4.78 is 11.6. The zero-order valence-electron chi connectivity index (χ0n) is 15.5. The number of likely N-dealkylation sites (tertiary alicyclic amines) is 1. The monoisotopic (exact) mass is 352 g/mol. The highest BCUT2D eigenvalue weighted by Crippen LogP contribution is 2.30. The van der Waals surface area contributed by atoms with E-state index in [-0.39, 0.29) is 6.10 Å². The lowest BCUT2D eigenvalue weighted by Gasteiger charge is -2.36. The molecule has 4 nitrogen and oxygen atoms in total. The Morgan fingerprint density at radius 2 is 1.50 bits per heavy atom. The van der Waals surface area contributed by atoms with Crippen LogP contribution in [0.25, 0.3) is 0 Å². The molecular formula is C22H28N2O2. The van der Waals surface area contributed by atoms with Crippen molar-refractivity contribution in [3.8, 4) is 11.5 Å². The minimum atomic E-state index is 0.286. The molecule has 2 aromatic carbocycles. The molecule has 0 spiro atoms. The second-order valence-electron chi connectivity index (χ2n) is 7.23. The molecule has 138 valence electrons. The fraction of sp³-hybridized carbons (Fsp3) is 0.455. The van der Waals surface area contributed by atoms with Crippen LogP contribution in [-0.4, -0.2) is 50.3 Å². The predicted octanol–water partition coefficient (Wildman–Crippen LogP) is 3.82. The summed E-state index contributed by atoms with van der Waals surface area (Å²) >= 11 is 0. The molecule has 1 atom stereocenters. The maximum Gasteiger partial charge on any atom is 0.161 e. The number of piperidine rings is 1. The molecular weight excluding hydrogens is 324 g/mol. The average molecular weight is 352 g/mol. The maximum absolute atomic E-state index is 6.22. The van der Waals surface area contributed by atoms with Crippen molar-refractivity contribution in [2.24, 2.45) is 0 Å². The Morgan fingerprint density at radius 1 is 0.808 bits per heavy atom. The lowest BCUT2D eigenvalue weighted by atomic mass is 10.0. The first kappa shape index (κ1) is 17.2. The largest absolute Gasteiger partial charge is 0.493 e. The first-order valence-corrected chi connectivity index (χ1v) is 9.67. The lowest BCUT2D eigenvalue weighted by molar-refractivity contribution is 0.0786. The summed E-state index contributed by atoms with van der Waals surface area (Å²) in [5.74, 6) is 1.69. The molecule has 0 aliphatic carbocycles. The summed E-state index contributed by atoms with van der Waals surface area (Å²) in [5, 5.41) is 0. The average Bonchev–Trinajstić information content (AvgIpc) is 3.20. The summed E-state index contributed by atoms with van der Waals surface area (Å²) in [4.78, 5) is 5.17. The molecule has 0 saturated carbocycles. The van der Waals surface area contributed by atoms with Gasteiger partial charge in [-0.15, -0.1) is 0 Å². The Bertz CT molecular complexity index is 698. The van der Waals surface area contributed by atoms with Crippen molar-refractivity contribution in [1.82, 2.24) is 4.90 Å². The second-order valence-corrected chi connectivity index (χ2v) is 7.23. The molecule has 0 bridgehead atoms. The van der Waals surface area contributed by atoms with Crippen molar-refractivity contribution in [1.29, 1.82) is 0 Å². The number of rotatable bonds is 5. The number of benzene rings is 2. The number of para-hydroxylation sites is 3. The van der Waals surface area contributed by atoms with Gasteiger partial charge in [0.25, 0.3) is 0 Å². The van der Waals surface area contributed by atoms with Gasteiger partial charge in [0.1, 0.15) is 6.10 Å². The summed E-state index contributed by atoms with van der Waals surface area (Å²) in [5.41, 5.74) is 1.35. The van der Waals surface area contributed by atoms with E-state index in [2.05, 4.69) is 40.1 Å². The van der Waals surface area contributed by atoms with Crippen molar-refractivity contribution >= 4 is 5.69 Å². The van der Waals surface area contributed by atoms with Crippen molar-refractivity contribution < 1.29 is 9.47 Å². The van der Waals surface area contributed by atoms with Crippen molar-refractivity contribution in [2.45, 2.75) is 31.4 Å². The molecule has 26 heavy (non-hydrogen) atoms. The minimum absolute atomic E-state index is 0.286. The van der Waals surface area contributed by atoms with Crippen molar-refractivity contribution in [2.75, 3.05) is 38.2 Å². The zero-order valence-corrected chi connectivity index (χ0v) is 15.5.